The number of likely N-dealkylation sites (tertiary alicyclic amines) is 1. The van der Waals surface area contributed by atoms with Gasteiger partial charge in [0.15, 0.2) is 0 Å². The Kier molecular flexibility index (Phi) is 4.04. The summed E-state index contributed by atoms with van der Waals surface area (Å²) in [6, 6.07) is 15.9. The number of hydrogen-bond donors (Lipinski definition) is 0. The molecule has 0 saturated carbocycles. The summed E-state index contributed by atoms with van der Waals surface area (Å²) in [5, 5.41) is 0.845. The third kappa shape index (κ3) is 2.98. The van der Waals surface area contributed by atoms with E-state index in [2.05, 4.69) is 53.2 Å². The Balaban J connectivity index is 1.74. The first-order valence-electron chi connectivity index (χ1n) is 8.51. The lowest BCUT2D eigenvalue weighted by atomic mass is 10.0. The van der Waals surface area contributed by atoms with Crippen LogP contribution in [-0.2, 0) is 13.0 Å². The molecule has 2 heterocycles. The van der Waals surface area contributed by atoms with Crippen LogP contribution in [0.2, 0.25) is 5.02 Å². The van der Waals surface area contributed by atoms with Crippen molar-refractivity contribution in [2.24, 2.45) is 0 Å². The van der Waals surface area contributed by atoms with Gasteiger partial charge in [0.05, 0.1) is 0 Å². The van der Waals surface area contributed by atoms with Crippen molar-refractivity contribution in [1.29, 1.82) is 0 Å². The smallest absolute Gasteiger partial charge is 0.0436 e. The lowest BCUT2D eigenvalue weighted by molar-refractivity contribution is 0.249. The van der Waals surface area contributed by atoms with E-state index in [4.69, 9.17) is 11.6 Å². The Morgan fingerprint density at radius 2 is 1.74 bits per heavy atom. The topological polar surface area (TPSA) is 6.48 Å². The molecule has 3 heteroatoms. The van der Waals surface area contributed by atoms with Crippen LogP contribution < -0.4 is 4.90 Å². The summed E-state index contributed by atoms with van der Waals surface area (Å²) in [6.45, 7) is 3.35. The van der Waals surface area contributed by atoms with Crippen molar-refractivity contribution in [2.75, 3.05) is 25.0 Å². The van der Waals surface area contributed by atoms with Gasteiger partial charge < -0.3 is 9.80 Å². The maximum atomic E-state index is 6.27. The molecule has 2 aliphatic heterocycles. The molecule has 120 valence electrons. The molecule has 0 spiro atoms. The molecule has 1 saturated heterocycles. The van der Waals surface area contributed by atoms with Gasteiger partial charge in [-0.05, 0) is 74.3 Å². The van der Waals surface area contributed by atoms with Gasteiger partial charge in [-0.3, -0.25) is 0 Å². The molecule has 0 N–H and O–H groups in total. The summed E-state index contributed by atoms with van der Waals surface area (Å²) in [6.07, 6.45) is 3.48. The molecule has 2 aromatic carbocycles. The van der Waals surface area contributed by atoms with Crippen LogP contribution in [0.15, 0.2) is 42.5 Å². The van der Waals surface area contributed by atoms with E-state index < -0.39 is 0 Å². The van der Waals surface area contributed by atoms with E-state index in [-0.39, 0.29) is 0 Å². The number of hydrogen-bond acceptors (Lipinski definition) is 2. The number of fused-ring (bicyclic) bond motifs is 2. The third-order valence-corrected chi connectivity index (χ3v) is 5.55. The fourth-order valence-electron chi connectivity index (χ4n) is 3.96. The van der Waals surface area contributed by atoms with Gasteiger partial charge in [0, 0.05) is 23.3 Å². The van der Waals surface area contributed by atoms with Crippen molar-refractivity contribution in [3.8, 4) is 0 Å². The van der Waals surface area contributed by atoms with Gasteiger partial charge in [0.1, 0.15) is 0 Å². The summed E-state index contributed by atoms with van der Waals surface area (Å²) in [4.78, 5) is 5.07. The molecule has 23 heavy (non-hydrogen) atoms. The van der Waals surface area contributed by atoms with E-state index >= 15 is 0 Å². The molecule has 0 unspecified atom stereocenters. The van der Waals surface area contributed by atoms with Gasteiger partial charge in [-0.25, -0.2) is 0 Å². The Bertz CT molecular complexity index is 705. The number of piperidine rings is 1. The minimum atomic E-state index is 0.622. The van der Waals surface area contributed by atoms with Gasteiger partial charge in [-0.2, -0.15) is 0 Å². The summed E-state index contributed by atoms with van der Waals surface area (Å²) in [7, 11) is 2.22. The quantitative estimate of drug-likeness (QED) is 0.769. The maximum absolute atomic E-state index is 6.27. The standard InChI is InChI=1S/C20H23ClN2/c1-22-10-8-19(9-11-22)23-14-17-13-18(21)7-6-15(17)12-16-4-2-3-5-20(16)23/h2-7,13,19H,8-12,14H2,1H3. The zero-order valence-electron chi connectivity index (χ0n) is 13.6. The lowest BCUT2D eigenvalue weighted by Crippen LogP contribution is -2.43. The Labute approximate surface area is 143 Å². The Morgan fingerprint density at radius 3 is 2.57 bits per heavy atom. The minimum absolute atomic E-state index is 0.622. The second kappa shape index (κ2) is 6.18. The molecule has 4 rings (SSSR count). The van der Waals surface area contributed by atoms with Crippen LogP contribution in [0.1, 0.15) is 29.5 Å². The van der Waals surface area contributed by atoms with Crippen LogP contribution in [0.4, 0.5) is 5.69 Å². The number of halogens is 1. The Hall–Kier alpha value is -1.51. The normalized spacial score (nSPS) is 19.1. The van der Waals surface area contributed by atoms with Crippen molar-refractivity contribution < 1.29 is 0 Å². The molecule has 2 aromatic rings. The van der Waals surface area contributed by atoms with Crippen LogP contribution in [0.5, 0.6) is 0 Å². The van der Waals surface area contributed by atoms with Gasteiger partial charge in [-0.15, -0.1) is 0 Å². The first-order chi connectivity index (χ1) is 11.2. The SMILES string of the molecule is CN1CCC(N2Cc3cc(Cl)ccc3Cc3ccccc32)CC1. The van der Waals surface area contributed by atoms with Crippen molar-refractivity contribution in [2.45, 2.75) is 31.8 Å². The zero-order valence-corrected chi connectivity index (χ0v) is 14.4. The first kappa shape index (κ1) is 15.0. The molecule has 0 radical (unpaired) electrons. The summed E-state index contributed by atoms with van der Waals surface area (Å²) in [5.74, 6) is 0. The van der Waals surface area contributed by atoms with E-state index in [1.54, 1.807) is 0 Å². The van der Waals surface area contributed by atoms with E-state index in [1.807, 2.05) is 6.07 Å². The Morgan fingerprint density at radius 1 is 0.957 bits per heavy atom. The van der Waals surface area contributed by atoms with E-state index in [0.29, 0.717) is 6.04 Å². The molecule has 2 aliphatic rings. The van der Waals surface area contributed by atoms with Gasteiger partial charge in [0.25, 0.3) is 0 Å². The molecule has 0 bridgehead atoms. The number of anilines is 1. The van der Waals surface area contributed by atoms with Crippen molar-refractivity contribution in [3.63, 3.8) is 0 Å². The molecule has 0 aromatic heterocycles. The van der Waals surface area contributed by atoms with Crippen molar-refractivity contribution >= 4 is 17.3 Å². The van der Waals surface area contributed by atoms with Crippen LogP contribution in [0, 0.1) is 0 Å². The molecule has 0 amide bonds. The molecular weight excluding hydrogens is 304 g/mol. The van der Waals surface area contributed by atoms with Crippen LogP contribution in [-0.4, -0.2) is 31.1 Å². The van der Waals surface area contributed by atoms with Crippen molar-refractivity contribution in [3.05, 3.63) is 64.2 Å². The highest BCUT2D eigenvalue weighted by Crippen LogP contribution is 2.34. The summed E-state index contributed by atoms with van der Waals surface area (Å²) in [5.41, 5.74) is 5.65. The zero-order chi connectivity index (χ0) is 15.8. The van der Waals surface area contributed by atoms with Gasteiger partial charge in [-0.1, -0.05) is 35.9 Å². The van der Waals surface area contributed by atoms with E-state index in [9.17, 15) is 0 Å². The second-order valence-electron chi connectivity index (χ2n) is 6.88. The molecule has 1 fully saturated rings. The second-order valence-corrected chi connectivity index (χ2v) is 7.32. The number of nitrogens with zero attached hydrogens (tertiary/aromatic N) is 2. The van der Waals surface area contributed by atoms with E-state index in [0.717, 1.165) is 18.0 Å². The average Bonchev–Trinajstić information content (AvgIpc) is 2.72. The summed E-state index contributed by atoms with van der Waals surface area (Å²) < 4.78 is 0. The highest BCUT2D eigenvalue weighted by atomic mass is 35.5. The first-order valence-corrected chi connectivity index (χ1v) is 8.89. The average molecular weight is 327 g/mol. The fourth-order valence-corrected chi connectivity index (χ4v) is 4.16. The molecule has 2 nitrogen and oxygen atoms in total. The van der Waals surface area contributed by atoms with Crippen molar-refractivity contribution in [1.82, 2.24) is 4.90 Å². The number of rotatable bonds is 1. The van der Waals surface area contributed by atoms with Crippen LogP contribution in [0.25, 0.3) is 0 Å². The van der Waals surface area contributed by atoms with Crippen LogP contribution in [0.3, 0.4) is 0 Å². The maximum Gasteiger partial charge on any atom is 0.0436 e. The number of benzene rings is 2. The predicted octanol–water partition coefficient (Wildman–Crippen LogP) is 4.35. The number of para-hydroxylation sites is 1. The van der Waals surface area contributed by atoms with Gasteiger partial charge in [0.2, 0.25) is 0 Å². The molecule has 0 atom stereocenters. The predicted molar refractivity (Wildman–Crippen MR) is 97.4 cm³/mol. The highest BCUT2D eigenvalue weighted by Gasteiger charge is 2.27. The third-order valence-electron chi connectivity index (χ3n) is 5.32. The highest BCUT2D eigenvalue weighted by molar-refractivity contribution is 6.30. The summed E-state index contributed by atoms with van der Waals surface area (Å²) >= 11 is 6.27. The minimum Gasteiger partial charge on any atom is -0.364 e. The lowest BCUT2D eigenvalue weighted by Gasteiger charge is -2.39. The molecule has 0 aliphatic carbocycles. The monoisotopic (exact) mass is 326 g/mol. The largest absolute Gasteiger partial charge is 0.364 e. The van der Waals surface area contributed by atoms with Crippen LogP contribution >= 0.6 is 11.6 Å². The molecular formula is C20H23ClN2. The fraction of sp³-hybridized carbons (Fsp3) is 0.400. The van der Waals surface area contributed by atoms with E-state index in [1.165, 1.54) is 48.3 Å². The van der Waals surface area contributed by atoms with Gasteiger partial charge >= 0.3 is 0 Å².